The number of ketones is 1. The molecule has 1 atom stereocenters. The molecule has 0 aromatic heterocycles. The Morgan fingerprint density at radius 1 is 1.12 bits per heavy atom. The molecule has 132 valence electrons. The fourth-order valence-corrected chi connectivity index (χ4v) is 2.34. The van der Waals surface area contributed by atoms with Gasteiger partial charge in [0.25, 0.3) is 0 Å². The first-order chi connectivity index (χ1) is 12.0. The molecule has 0 aliphatic heterocycles. The van der Waals surface area contributed by atoms with Crippen LogP contribution < -0.4 is 10.6 Å². The summed E-state index contributed by atoms with van der Waals surface area (Å²) in [5, 5.41) is 23.7. The largest absolute Gasteiger partial charge is 0.394 e. The summed E-state index contributed by atoms with van der Waals surface area (Å²) in [6.45, 7) is -0.374. The molecule has 0 bridgehead atoms. The third kappa shape index (κ3) is 5.65. The molecule has 0 saturated heterocycles. The van der Waals surface area contributed by atoms with Crippen LogP contribution in [-0.4, -0.2) is 47.7 Å². The van der Waals surface area contributed by atoms with E-state index >= 15 is 0 Å². The smallest absolute Gasteiger partial charge is 0.238 e. The number of halogens is 1. The number of carbonyl (C=O) groups is 2. The van der Waals surface area contributed by atoms with Crippen molar-refractivity contribution in [2.24, 2.45) is 0 Å². The van der Waals surface area contributed by atoms with Gasteiger partial charge in [-0.3, -0.25) is 9.59 Å². The van der Waals surface area contributed by atoms with Gasteiger partial charge in [0, 0.05) is 22.7 Å². The summed E-state index contributed by atoms with van der Waals surface area (Å²) in [5.41, 5.74) is 1.14. The quantitative estimate of drug-likeness (QED) is 0.533. The average Bonchev–Trinajstić information content (AvgIpc) is 2.63. The van der Waals surface area contributed by atoms with E-state index in [2.05, 4.69) is 10.6 Å². The van der Waals surface area contributed by atoms with Gasteiger partial charge in [0.1, 0.15) is 0 Å². The minimum absolute atomic E-state index is 0.0708. The number of aliphatic hydroxyl groups is 2. The maximum atomic E-state index is 12.7. The Morgan fingerprint density at radius 2 is 1.84 bits per heavy atom. The normalized spacial score (nSPS) is 11.8. The number of hydrogen-bond acceptors (Lipinski definition) is 5. The Labute approximate surface area is 150 Å². The molecule has 0 heterocycles. The minimum Gasteiger partial charge on any atom is -0.394 e. The van der Waals surface area contributed by atoms with Crippen LogP contribution in [0.2, 0.25) is 5.02 Å². The highest BCUT2D eigenvalue weighted by Gasteiger charge is 2.16. The van der Waals surface area contributed by atoms with E-state index in [1.165, 1.54) is 6.07 Å². The van der Waals surface area contributed by atoms with Crippen LogP contribution in [-0.2, 0) is 4.79 Å². The van der Waals surface area contributed by atoms with Gasteiger partial charge in [0.05, 0.1) is 24.9 Å². The van der Waals surface area contributed by atoms with Crippen LogP contribution in [0.25, 0.3) is 0 Å². The van der Waals surface area contributed by atoms with E-state index in [0.717, 1.165) is 0 Å². The molecule has 0 aliphatic carbocycles. The van der Waals surface area contributed by atoms with Crippen molar-refractivity contribution in [3.63, 3.8) is 0 Å². The number of anilines is 1. The fourth-order valence-electron chi connectivity index (χ4n) is 2.17. The molecule has 2 aromatic rings. The lowest BCUT2D eigenvalue weighted by molar-refractivity contribution is -0.115. The van der Waals surface area contributed by atoms with Crippen LogP contribution in [0.4, 0.5) is 5.69 Å². The van der Waals surface area contributed by atoms with Crippen LogP contribution in [0.15, 0.2) is 48.5 Å². The molecule has 7 heteroatoms. The Balaban J connectivity index is 2.11. The molecule has 4 N–H and O–H groups in total. The molecule has 0 saturated carbocycles. The Bertz CT molecular complexity index is 737. The highest BCUT2D eigenvalue weighted by Crippen LogP contribution is 2.23. The summed E-state index contributed by atoms with van der Waals surface area (Å²) in [6, 6.07) is 13.4. The number of hydrogen-bond donors (Lipinski definition) is 4. The maximum absolute atomic E-state index is 12.7. The van der Waals surface area contributed by atoms with Gasteiger partial charge in [0.2, 0.25) is 5.91 Å². The van der Waals surface area contributed by atoms with Crippen LogP contribution >= 0.6 is 11.6 Å². The van der Waals surface area contributed by atoms with Crippen molar-refractivity contribution >= 4 is 29.0 Å². The first kappa shape index (κ1) is 19.1. The number of nitrogens with one attached hydrogen (secondary N) is 2. The molecule has 0 aliphatic rings. The van der Waals surface area contributed by atoms with Gasteiger partial charge in [-0.05, 0) is 18.2 Å². The fraction of sp³-hybridized carbons (Fsp3) is 0.222. The Morgan fingerprint density at radius 3 is 2.52 bits per heavy atom. The zero-order valence-corrected chi connectivity index (χ0v) is 14.2. The van der Waals surface area contributed by atoms with Crippen LogP contribution in [0.3, 0.4) is 0 Å². The number of benzene rings is 2. The third-order valence-corrected chi connectivity index (χ3v) is 3.65. The molecule has 0 radical (unpaired) electrons. The first-order valence-electron chi connectivity index (χ1n) is 7.70. The lowest BCUT2D eigenvalue weighted by Crippen LogP contribution is -2.35. The van der Waals surface area contributed by atoms with Crippen LogP contribution in [0.1, 0.15) is 15.9 Å². The van der Waals surface area contributed by atoms with Gasteiger partial charge >= 0.3 is 0 Å². The summed E-state index contributed by atoms with van der Waals surface area (Å²) < 4.78 is 0. The van der Waals surface area contributed by atoms with E-state index in [1.54, 1.807) is 36.4 Å². The molecule has 25 heavy (non-hydrogen) atoms. The summed E-state index contributed by atoms with van der Waals surface area (Å²) >= 11 is 5.99. The summed E-state index contributed by atoms with van der Waals surface area (Å²) in [4.78, 5) is 24.7. The van der Waals surface area contributed by atoms with E-state index in [0.29, 0.717) is 21.8 Å². The second kappa shape index (κ2) is 9.29. The molecule has 0 spiro atoms. The zero-order chi connectivity index (χ0) is 18.2. The molecule has 6 nitrogen and oxygen atoms in total. The van der Waals surface area contributed by atoms with Gasteiger partial charge in [-0.2, -0.15) is 0 Å². The summed E-state index contributed by atoms with van der Waals surface area (Å²) in [6.07, 6.45) is -0.932. The van der Waals surface area contributed by atoms with Crippen molar-refractivity contribution in [1.82, 2.24) is 5.32 Å². The molecule has 2 rings (SSSR count). The van der Waals surface area contributed by atoms with E-state index in [1.807, 2.05) is 6.07 Å². The van der Waals surface area contributed by atoms with Crippen molar-refractivity contribution in [3.8, 4) is 0 Å². The second-order valence-corrected chi connectivity index (χ2v) is 5.84. The minimum atomic E-state index is -0.932. The van der Waals surface area contributed by atoms with E-state index in [-0.39, 0.29) is 31.4 Å². The van der Waals surface area contributed by atoms with Crippen LogP contribution in [0, 0.1) is 0 Å². The van der Waals surface area contributed by atoms with Gasteiger partial charge in [0.15, 0.2) is 5.78 Å². The zero-order valence-electron chi connectivity index (χ0n) is 13.4. The highest BCUT2D eigenvalue weighted by molar-refractivity contribution is 6.31. The van der Waals surface area contributed by atoms with Crippen molar-refractivity contribution in [3.05, 3.63) is 64.7 Å². The first-order valence-corrected chi connectivity index (χ1v) is 8.08. The summed E-state index contributed by atoms with van der Waals surface area (Å²) in [7, 11) is 0. The van der Waals surface area contributed by atoms with Crippen molar-refractivity contribution in [1.29, 1.82) is 0 Å². The molecular formula is C18H19ClN2O4. The molecule has 0 fully saturated rings. The number of rotatable bonds is 8. The average molecular weight is 363 g/mol. The number of aliphatic hydroxyl groups excluding tert-OH is 2. The SMILES string of the molecule is O=C(CNCC(O)CO)Nc1ccc(Cl)cc1C(=O)c1ccccc1. The molecule has 1 unspecified atom stereocenters. The monoisotopic (exact) mass is 362 g/mol. The molecule has 1 amide bonds. The third-order valence-electron chi connectivity index (χ3n) is 3.41. The Kier molecular flexibility index (Phi) is 7.09. The van der Waals surface area contributed by atoms with Gasteiger partial charge in [-0.15, -0.1) is 0 Å². The lowest BCUT2D eigenvalue weighted by atomic mass is 10.0. The molecule has 2 aromatic carbocycles. The maximum Gasteiger partial charge on any atom is 0.238 e. The summed E-state index contributed by atoms with van der Waals surface area (Å²) in [5.74, 6) is -0.628. The van der Waals surface area contributed by atoms with E-state index in [4.69, 9.17) is 16.7 Å². The highest BCUT2D eigenvalue weighted by atomic mass is 35.5. The number of carbonyl (C=O) groups excluding carboxylic acids is 2. The Hall–Kier alpha value is -2.25. The van der Waals surface area contributed by atoms with Gasteiger partial charge < -0.3 is 20.8 Å². The second-order valence-electron chi connectivity index (χ2n) is 5.40. The predicted octanol–water partition coefficient (Wildman–Crippen LogP) is 1.45. The van der Waals surface area contributed by atoms with Crippen molar-refractivity contribution in [2.75, 3.05) is 25.0 Å². The van der Waals surface area contributed by atoms with Crippen molar-refractivity contribution < 1.29 is 19.8 Å². The topological polar surface area (TPSA) is 98.7 Å². The van der Waals surface area contributed by atoms with E-state index in [9.17, 15) is 14.7 Å². The molecular weight excluding hydrogens is 344 g/mol. The lowest BCUT2D eigenvalue weighted by Gasteiger charge is -2.12. The predicted molar refractivity (Wildman–Crippen MR) is 95.9 cm³/mol. The van der Waals surface area contributed by atoms with Crippen molar-refractivity contribution in [2.45, 2.75) is 6.10 Å². The van der Waals surface area contributed by atoms with Crippen LogP contribution in [0.5, 0.6) is 0 Å². The van der Waals surface area contributed by atoms with Gasteiger partial charge in [-0.25, -0.2) is 0 Å². The van der Waals surface area contributed by atoms with Gasteiger partial charge in [-0.1, -0.05) is 41.9 Å². The van der Waals surface area contributed by atoms with E-state index < -0.39 is 6.10 Å². The standard InChI is InChI=1S/C18H19ClN2O4/c19-13-6-7-16(21-17(24)10-20-9-14(23)11-22)15(8-13)18(25)12-4-2-1-3-5-12/h1-8,14,20,22-23H,9-11H2,(H,21,24). The number of amides is 1.